The number of anilines is 1. The van der Waals surface area contributed by atoms with Gasteiger partial charge in [0.1, 0.15) is 0 Å². The smallest absolute Gasteiger partial charge is 0.271 e. The number of nitro benzene ring substituents is 1. The van der Waals surface area contributed by atoms with Gasteiger partial charge in [0.05, 0.1) is 35.2 Å². The molecule has 3 aromatic rings. The molecule has 9 nitrogen and oxygen atoms in total. The molecule has 1 aliphatic carbocycles. The third-order valence-electron chi connectivity index (χ3n) is 8.33. The van der Waals surface area contributed by atoms with Gasteiger partial charge in [0.15, 0.2) is 11.6 Å². The molecule has 1 fully saturated rings. The number of aliphatic hydroxyl groups excluding tert-OH is 2. The van der Waals surface area contributed by atoms with Gasteiger partial charge in [0.2, 0.25) is 11.8 Å². The summed E-state index contributed by atoms with van der Waals surface area (Å²) >= 11 is 0. The molecule has 222 valence electrons. The fraction of sp³-hybridized carbons (Fsp3) is 0.273. The number of amides is 2. The Bertz CT molecular complexity index is 1640. The number of hydrogen-bond acceptors (Lipinski definition) is 7. The van der Waals surface area contributed by atoms with Crippen LogP contribution in [-0.4, -0.2) is 44.8 Å². The van der Waals surface area contributed by atoms with Crippen LogP contribution in [0.1, 0.15) is 37.3 Å². The van der Waals surface area contributed by atoms with Crippen molar-refractivity contribution in [3.05, 3.63) is 111 Å². The zero-order chi connectivity index (χ0) is 30.8. The van der Waals surface area contributed by atoms with Gasteiger partial charge in [-0.3, -0.25) is 19.7 Å². The summed E-state index contributed by atoms with van der Waals surface area (Å²) in [7, 11) is 0. The van der Waals surface area contributed by atoms with Crippen molar-refractivity contribution in [3.8, 4) is 5.75 Å². The lowest BCUT2D eigenvalue weighted by molar-refractivity contribution is -0.384. The van der Waals surface area contributed by atoms with Crippen molar-refractivity contribution in [1.82, 2.24) is 0 Å². The number of aliphatic hydroxyl groups is 2. The molecule has 1 aliphatic heterocycles. The fourth-order valence-electron chi connectivity index (χ4n) is 6.33. The van der Waals surface area contributed by atoms with Crippen LogP contribution in [0.25, 0.3) is 11.6 Å². The van der Waals surface area contributed by atoms with E-state index in [1.807, 2.05) is 30.3 Å². The zero-order valence-electron chi connectivity index (χ0n) is 23.4. The Morgan fingerprint density at radius 2 is 1.84 bits per heavy atom. The lowest BCUT2D eigenvalue weighted by Crippen LogP contribution is -2.38. The summed E-state index contributed by atoms with van der Waals surface area (Å²) in [6.07, 6.45) is 1.53. The minimum atomic E-state index is -1.04. The third kappa shape index (κ3) is 5.84. The van der Waals surface area contributed by atoms with E-state index in [2.05, 4.69) is 0 Å². The third-order valence-corrected chi connectivity index (χ3v) is 8.33. The second-order valence-corrected chi connectivity index (χ2v) is 11.0. The monoisotopic (exact) mass is 586 g/mol. The first-order valence-corrected chi connectivity index (χ1v) is 14.0. The van der Waals surface area contributed by atoms with E-state index in [4.69, 9.17) is 0 Å². The molecular weight excluding hydrogens is 555 g/mol. The Labute approximate surface area is 247 Å². The number of phenolic OH excluding ortho intramolecular Hbond substituents is 1. The van der Waals surface area contributed by atoms with E-state index >= 15 is 0 Å². The molecule has 0 aromatic heterocycles. The van der Waals surface area contributed by atoms with Crippen LogP contribution in [0.3, 0.4) is 0 Å². The van der Waals surface area contributed by atoms with E-state index in [1.165, 1.54) is 36.4 Å². The van der Waals surface area contributed by atoms with E-state index in [0.717, 1.165) is 16.0 Å². The maximum atomic E-state index is 14.0. The first-order valence-electron chi connectivity index (χ1n) is 14.0. The topological polar surface area (TPSA) is 141 Å². The molecule has 0 bridgehead atoms. The van der Waals surface area contributed by atoms with Crippen molar-refractivity contribution < 1.29 is 34.2 Å². The average Bonchev–Trinajstić information content (AvgIpc) is 3.25. The van der Waals surface area contributed by atoms with Crippen molar-refractivity contribution >= 4 is 34.8 Å². The van der Waals surface area contributed by atoms with Crippen molar-refractivity contribution in [3.63, 3.8) is 0 Å². The van der Waals surface area contributed by atoms with Crippen LogP contribution in [-0.2, 0) is 9.59 Å². The number of fused-ring (bicyclic) bond motifs is 1. The van der Waals surface area contributed by atoms with Gasteiger partial charge in [-0.25, -0.2) is 9.29 Å². The minimum absolute atomic E-state index is 0.0957. The summed E-state index contributed by atoms with van der Waals surface area (Å²) in [4.78, 5) is 38.7. The summed E-state index contributed by atoms with van der Waals surface area (Å²) in [5, 5.41) is 42.8. The van der Waals surface area contributed by atoms with E-state index in [0.29, 0.717) is 23.1 Å². The molecule has 2 aliphatic rings. The van der Waals surface area contributed by atoms with E-state index in [9.17, 15) is 39.4 Å². The van der Waals surface area contributed by atoms with Crippen LogP contribution < -0.4 is 4.90 Å². The molecule has 0 saturated carbocycles. The summed E-state index contributed by atoms with van der Waals surface area (Å²) in [5.74, 6) is -4.75. The number of benzene rings is 3. The lowest BCUT2D eigenvalue weighted by Gasteiger charge is -2.35. The Hall–Kier alpha value is -4.67. The predicted molar refractivity (Wildman–Crippen MR) is 158 cm³/mol. The number of phenols is 1. The molecule has 0 spiro atoms. The number of aromatic hydroxyl groups is 1. The molecule has 0 unspecified atom stereocenters. The highest BCUT2D eigenvalue weighted by molar-refractivity contribution is 6.22. The second kappa shape index (κ2) is 12.3. The Balaban J connectivity index is 1.41. The van der Waals surface area contributed by atoms with Crippen LogP contribution >= 0.6 is 0 Å². The van der Waals surface area contributed by atoms with E-state index < -0.39 is 58.8 Å². The van der Waals surface area contributed by atoms with E-state index in [1.54, 1.807) is 19.1 Å². The van der Waals surface area contributed by atoms with Crippen LogP contribution in [0.2, 0.25) is 0 Å². The molecule has 3 aromatic carbocycles. The first kappa shape index (κ1) is 29.8. The summed E-state index contributed by atoms with van der Waals surface area (Å²) in [5.41, 5.74) is 3.26. The number of allylic oxidation sites excluding steroid dienone is 2. The minimum Gasteiger partial charge on any atom is -0.505 e. The van der Waals surface area contributed by atoms with Crippen molar-refractivity contribution in [1.29, 1.82) is 0 Å². The number of hydrogen-bond donors (Lipinski definition) is 3. The number of carbonyl (C=O) groups is 2. The summed E-state index contributed by atoms with van der Waals surface area (Å²) in [6, 6.07) is 18.8. The predicted octanol–water partition coefficient (Wildman–Crippen LogP) is 5.26. The highest BCUT2D eigenvalue weighted by Crippen LogP contribution is 2.47. The van der Waals surface area contributed by atoms with Crippen molar-refractivity contribution in [2.45, 2.75) is 32.3 Å². The standard InChI is InChI=1S/C33H31FN2O7/c1-19-14-25-31(33(41)35(32(25)40)23-8-5-9-24(17-23)36(42)43)26(18-37)30(19)29(39)13-11-22(21-6-3-2-4-7-21)15-20-10-12-28(38)27(34)16-20/h2-10,12,15-17,25-26,29,31,37-39H,11,13-14,18H2,1H3/b22-15-/t25-,26+,29-,31-/m1/s1. The fourth-order valence-corrected chi connectivity index (χ4v) is 6.33. The number of non-ortho nitro benzene ring substituents is 1. The van der Waals surface area contributed by atoms with Gasteiger partial charge in [0.25, 0.3) is 5.69 Å². The van der Waals surface area contributed by atoms with Gasteiger partial charge in [0, 0.05) is 18.1 Å². The molecule has 0 radical (unpaired) electrons. The van der Waals surface area contributed by atoms with E-state index in [-0.39, 0.29) is 24.2 Å². The maximum absolute atomic E-state index is 14.0. The molecule has 10 heteroatoms. The number of nitrogens with zero attached hydrogens (tertiary/aromatic N) is 2. The quantitative estimate of drug-likeness (QED) is 0.102. The maximum Gasteiger partial charge on any atom is 0.271 e. The van der Waals surface area contributed by atoms with Gasteiger partial charge >= 0.3 is 0 Å². The Morgan fingerprint density at radius 3 is 2.51 bits per heavy atom. The molecular formula is C33H31FN2O7. The van der Waals surface area contributed by atoms with Crippen LogP contribution in [0, 0.1) is 33.7 Å². The average molecular weight is 587 g/mol. The largest absolute Gasteiger partial charge is 0.505 e. The van der Waals surface area contributed by atoms with Crippen LogP contribution in [0.5, 0.6) is 5.75 Å². The van der Waals surface area contributed by atoms with Gasteiger partial charge < -0.3 is 15.3 Å². The second-order valence-electron chi connectivity index (χ2n) is 11.0. The van der Waals surface area contributed by atoms with Crippen LogP contribution in [0.4, 0.5) is 15.8 Å². The zero-order valence-corrected chi connectivity index (χ0v) is 23.4. The highest BCUT2D eigenvalue weighted by atomic mass is 19.1. The Kier molecular flexibility index (Phi) is 8.52. The first-order chi connectivity index (χ1) is 20.6. The van der Waals surface area contributed by atoms with Gasteiger partial charge in [-0.15, -0.1) is 0 Å². The summed E-state index contributed by atoms with van der Waals surface area (Å²) in [6.45, 7) is 1.30. The van der Waals surface area contributed by atoms with Crippen molar-refractivity contribution in [2.75, 3.05) is 11.5 Å². The number of carbonyl (C=O) groups excluding carboxylic acids is 2. The number of halogens is 1. The summed E-state index contributed by atoms with van der Waals surface area (Å²) < 4.78 is 14.0. The van der Waals surface area contributed by atoms with Gasteiger partial charge in [-0.1, -0.05) is 54.1 Å². The highest BCUT2D eigenvalue weighted by Gasteiger charge is 2.55. The molecule has 3 N–H and O–H groups in total. The molecule has 1 saturated heterocycles. The van der Waals surface area contributed by atoms with Crippen molar-refractivity contribution in [2.24, 2.45) is 17.8 Å². The Morgan fingerprint density at radius 1 is 1.09 bits per heavy atom. The molecule has 43 heavy (non-hydrogen) atoms. The number of rotatable bonds is 9. The van der Waals surface area contributed by atoms with Crippen LogP contribution in [0.15, 0.2) is 83.9 Å². The van der Waals surface area contributed by atoms with Gasteiger partial charge in [-0.2, -0.15) is 0 Å². The van der Waals surface area contributed by atoms with Gasteiger partial charge in [-0.05, 0) is 66.7 Å². The number of nitro groups is 1. The SMILES string of the molecule is CC1=C([C@H](O)CC/C(=C/c2ccc(O)c(F)c2)c2ccccc2)[C@H](CO)[C@@H]2C(=O)N(c3cccc([N+](=O)[O-])c3)C(=O)[C@@H]2C1. The molecule has 5 rings (SSSR count). The molecule has 2 amide bonds. The lowest BCUT2D eigenvalue weighted by atomic mass is 9.68. The normalized spacial score (nSPS) is 21.3. The molecule has 4 atom stereocenters. The number of imide groups is 1. The molecule has 1 heterocycles.